The Morgan fingerprint density at radius 1 is 0.739 bits per heavy atom. The first-order chi connectivity index (χ1) is 11.4. The molecule has 0 N–H and O–H groups in total. The lowest BCUT2D eigenvalue weighted by molar-refractivity contribution is 1.29. The minimum atomic E-state index is 0.931. The van der Waals surface area contributed by atoms with Gasteiger partial charge in [0, 0.05) is 33.3 Å². The molecule has 3 aromatic heterocycles. The fourth-order valence-corrected chi connectivity index (χ4v) is 4.24. The molecule has 2 nitrogen and oxygen atoms in total. The molecule has 0 bridgehead atoms. The molecular formula is C20H12N2S. The maximum Gasteiger partial charge on any atom is 0.106 e. The van der Waals surface area contributed by atoms with Gasteiger partial charge in [0.05, 0.1) is 10.4 Å². The van der Waals surface area contributed by atoms with E-state index in [4.69, 9.17) is 0 Å². The van der Waals surface area contributed by atoms with Crippen LogP contribution in [0, 0.1) is 0 Å². The van der Waals surface area contributed by atoms with E-state index >= 15 is 0 Å². The highest BCUT2D eigenvalue weighted by Gasteiger charge is 2.12. The molecule has 0 spiro atoms. The van der Waals surface area contributed by atoms with Crippen molar-refractivity contribution in [3.63, 3.8) is 0 Å². The first-order valence-electron chi connectivity index (χ1n) is 7.51. The zero-order valence-corrected chi connectivity index (χ0v) is 13.0. The molecule has 23 heavy (non-hydrogen) atoms. The minimum absolute atomic E-state index is 0.931. The summed E-state index contributed by atoms with van der Waals surface area (Å²) in [6, 6.07) is 21.0. The SMILES string of the molecule is c1ccc2cc(-c3nccc4c3sc3ccccc34)ncc2c1. The van der Waals surface area contributed by atoms with E-state index in [-0.39, 0.29) is 0 Å². The molecule has 5 rings (SSSR count). The Morgan fingerprint density at radius 3 is 2.52 bits per heavy atom. The first-order valence-corrected chi connectivity index (χ1v) is 8.33. The van der Waals surface area contributed by atoms with Crippen molar-refractivity contribution in [1.29, 1.82) is 0 Å². The monoisotopic (exact) mass is 312 g/mol. The molecule has 3 heteroatoms. The summed E-state index contributed by atoms with van der Waals surface area (Å²) < 4.78 is 2.49. The Bertz CT molecular complexity index is 1170. The van der Waals surface area contributed by atoms with E-state index in [9.17, 15) is 0 Å². The first kappa shape index (κ1) is 12.7. The highest BCUT2D eigenvalue weighted by molar-refractivity contribution is 7.26. The number of hydrogen-bond donors (Lipinski definition) is 0. The summed E-state index contributed by atoms with van der Waals surface area (Å²) in [4.78, 5) is 9.27. The second-order valence-electron chi connectivity index (χ2n) is 5.55. The number of nitrogens with zero attached hydrogens (tertiary/aromatic N) is 2. The van der Waals surface area contributed by atoms with Gasteiger partial charge >= 0.3 is 0 Å². The van der Waals surface area contributed by atoms with Crippen LogP contribution in [-0.4, -0.2) is 9.97 Å². The molecule has 0 atom stereocenters. The van der Waals surface area contributed by atoms with Crippen molar-refractivity contribution in [2.75, 3.05) is 0 Å². The summed E-state index contributed by atoms with van der Waals surface area (Å²) in [6.45, 7) is 0. The van der Waals surface area contributed by atoms with Gasteiger partial charge in [-0.25, -0.2) is 0 Å². The normalized spacial score (nSPS) is 11.5. The number of benzene rings is 2. The van der Waals surface area contributed by atoms with E-state index in [1.165, 1.54) is 25.6 Å². The molecule has 0 saturated heterocycles. The maximum atomic E-state index is 4.64. The van der Waals surface area contributed by atoms with Gasteiger partial charge in [0.1, 0.15) is 5.69 Å². The molecule has 0 saturated carbocycles. The Kier molecular flexibility index (Phi) is 2.69. The standard InChI is InChI=1S/C20H12N2S/c1-2-6-14-12-22-17(11-13(14)5-1)19-20-16(9-10-21-19)15-7-3-4-8-18(15)23-20/h1-12H. The van der Waals surface area contributed by atoms with Gasteiger partial charge in [0.25, 0.3) is 0 Å². The van der Waals surface area contributed by atoms with Gasteiger partial charge in [-0.15, -0.1) is 11.3 Å². The number of pyridine rings is 2. The second kappa shape index (κ2) is 4.86. The molecular weight excluding hydrogens is 300 g/mol. The topological polar surface area (TPSA) is 25.8 Å². The summed E-state index contributed by atoms with van der Waals surface area (Å²) >= 11 is 1.79. The number of fused-ring (bicyclic) bond motifs is 4. The van der Waals surface area contributed by atoms with Crippen molar-refractivity contribution in [1.82, 2.24) is 9.97 Å². The van der Waals surface area contributed by atoms with E-state index in [1.54, 1.807) is 11.3 Å². The molecule has 108 valence electrons. The third kappa shape index (κ3) is 1.94. The van der Waals surface area contributed by atoms with Crippen molar-refractivity contribution < 1.29 is 0 Å². The molecule has 0 radical (unpaired) electrons. The predicted octanol–water partition coefficient (Wildman–Crippen LogP) is 5.66. The molecule has 0 fully saturated rings. The van der Waals surface area contributed by atoms with Crippen molar-refractivity contribution >= 4 is 42.3 Å². The van der Waals surface area contributed by atoms with Crippen LogP contribution in [0.5, 0.6) is 0 Å². The van der Waals surface area contributed by atoms with Gasteiger partial charge < -0.3 is 0 Å². The molecule has 0 unspecified atom stereocenters. The molecule has 0 aliphatic heterocycles. The van der Waals surface area contributed by atoms with Crippen LogP contribution in [0.15, 0.2) is 73.1 Å². The van der Waals surface area contributed by atoms with Gasteiger partial charge in [-0.05, 0) is 23.6 Å². The second-order valence-corrected chi connectivity index (χ2v) is 6.60. The third-order valence-electron chi connectivity index (χ3n) is 4.17. The Balaban J connectivity index is 1.84. The smallest absolute Gasteiger partial charge is 0.106 e. The number of aromatic nitrogens is 2. The fourth-order valence-electron chi connectivity index (χ4n) is 3.05. The number of thiophene rings is 1. The van der Waals surface area contributed by atoms with E-state index in [0.29, 0.717) is 0 Å². The fraction of sp³-hybridized carbons (Fsp3) is 0. The van der Waals surface area contributed by atoms with Crippen molar-refractivity contribution in [2.45, 2.75) is 0 Å². The third-order valence-corrected chi connectivity index (χ3v) is 5.36. The van der Waals surface area contributed by atoms with Gasteiger partial charge in [-0.2, -0.15) is 0 Å². The predicted molar refractivity (Wildman–Crippen MR) is 97.9 cm³/mol. The lowest BCUT2D eigenvalue weighted by atomic mass is 10.1. The van der Waals surface area contributed by atoms with Crippen molar-refractivity contribution in [3.05, 3.63) is 73.1 Å². The van der Waals surface area contributed by atoms with E-state index in [1.807, 2.05) is 18.5 Å². The van der Waals surface area contributed by atoms with Crippen molar-refractivity contribution in [3.8, 4) is 11.4 Å². The maximum absolute atomic E-state index is 4.64. The van der Waals surface area contributed by atoms with Crippen LogP contribution >= 0.6 is 11.3 Å². The molecule has 3 heterocycles. The van der Waals surface area contributed by atoms with Gasteiger partial charge in [-0.1, -0.05) is 42.5 Å². The molecule has 2 aromatic carbocycles. The highest BCUT2D eigenvalue weighted by Crippen LogP contribution is 2.38. The molecule has 0 aliphatic rings. The van der Waals surface area contributed by atoms with Crippen LogP contribution in [-0.2, 0) is 0 Å². The summed E-state index contributed by atoms with van der Waals surface area (Å²) in [5.74, 6) is 0. The molecule has 5 aromatic rings. The average molecular weight is 312 g/mol. The van der Waals surface area contributed by atoms with Gasteiger partial charge in [0.2, 0.25) is 0 Å². The van der Waals surface area contributed by atoms with Crippen LogP contribution in [0.4, 0.5) is 0 Å². The van der Waals surface area contributed by atoms with Crippen LogP contribution < -0.4 is 0 Å². The van der Waals surface area contributed by atoms with Gasteiger partial charge in [-0.3, -0.25) is 9.97 Å². The average Bonchev–Trinajstić information content (AvgIpc) is 3.00. The highest BCUT2D eigenvalue weighted by atomic mass is 32.1. The van der Waals surface area contributed by atoms with E-state index < -0.39 is 0 Å². The summed E-state index contributed by atoms with van der Waals surface area (Å²) in [6.07, 6.45) is 3.81. The number of rotatable bonds is 1. The Morgan fingerprint density at radius 2 is 1.57 bits per heavy atom. The lowest BCUT2D eigenvalue weighted by Gasteiger charge is -2.03. The zero-order chi connectivity index (χ0) is 15.2. The summed E-state index contributed by atoms with van der Waals surface area (Å²) in [5, 5.41) is 4.89. The quantitative estimate of drug-likeness (QED) is 0.399. The zero-order valence-electron chi connectivity index (χ0n) is 12.2. The van der Waals surface area contributed by atoms with E-state index in [2.05, 4.69) is 64.6 Å². The van der Waals surface area contributed by atoms with Crippen LogP contribution in [0.25, 0.3) is 42.3 Å². The van der Waals surface area contributed by atoms with Crippen molar-refractivity contribution in [2.24, 2.45) is 0 Å². The van der Waals surface area contributed by atoms with Gasteiger partial charge in [0.15, 0.2) is 0 Å². The van der Waals surface area contributed by atoms with E-state index in [0.717, 1.165) is 16.8 Å². The van der Waals surface area contributed by atoms with Crippen LogP contribution in [0.2, 0.25) is 0 Å². The lowest BCUT2D eigenvalue weighted by Crippen LogP contribution is -1.87. The summed E-state index contributed by atoms with van der Waals surface area (Å²) in [5.41, 5.74) is 1.90. The largest absolute Gasteiger partial charge is 0.254 e. The minimum Gasteiger partial charge on any atom is -0.254 e. The Labute approximate surface area is 137 Å². The number of hydrogen-bond acceptors (Lipinski definition) is 3. The molecule has 0 aliphatic carbocycles. The van der Waals surface area contributed by atoms with Crippen LogP contribution in [0.1, 0.15) is 0 Å². The summed E-state index contributed by atoms with van der Waals surface area (Å²) in [7, 11) is 0. The Hall–Kier alpha value is -2.78. The van der Waals surface area contributed by atoms with Crippen LogP contribution in [0.3, 0.4) is 0 Å². The molecule has 0 amide bonds.